The number of rotatable bonds is 4. The molecule has 6 nitrogen and oxygen atoms in total. The molecule has 15 heavy (non-hydrogen) atoms. The van der Waals surface area contributed by atoms with Crippen molar-refractivity contribution in [3.8, 4) is 5.75 Å². The van der Waals surface area contributed by atoms with Gasteiger partial charge < -0.3 is 9.47 Å². The molecule has 1 rings (SSSR count). The van der Waals surface area contributed by atoms with Crippen LogP contribution in [-0.2, 0) is 16.1 Å². The Morgan fingerprint density at radius 1 is 1.60 bits per heavy atom. The number of ether oxygens (including phenoxy) is 2. The van der Waals surface area contributed by atoms with E-state index < -0.39 is 11.5 Å². The third-order valence-corrected chi connectivity index (χ3v) is 1.69. The number of aromatic nitrogens is 2. The Bertz CT molecular complexity index is 399. The van der Waals surface area contributed by atoms with E-state index in [4.69, 9.17) is 9.47 Å². The summed E-state index contributed by atoms with van der Waals surface area (Å²) in [5, 5.41) is 0. The van der Waals surface area contributed by atoms with Crippen molar-refractivity contribution in [2.45, 2.75) is 13.5 Å². The first-order valence-electron chi connectivity index (χ1n) is 4.43. The summed E-state index contributed by atoms with van der Waals surface area (Å²) < 4.78 is 10.6. The molecule has 0 aromatic carbocycles. The van der Waals surface area contributed by atoms with E-state index in [-0.39, 0.29) is 18.9 Å². The Hall–Kier alpha value is -1.85. The summed E-state index contributed by atoms with van der Waals surface area (Å²) in [4.78, 5) is 26.4. The third-order valence-electron chi connectivity index (χ3n) is 1.69. The van der Waals surface area contributed by atoms with Gasteiger partial charge in [-0.2, -0.15) is 0 Å². The van der Waals surface area contributed by atoms with E-state index in [0.29, 0.717) is 0 Å². The molecule has 0 amide bonds. The van der Waals surface area contributed by atoms with Crippen LogP contribution < -0.4 is 10.3 Å². The lowest BCUT2D eigenvalue weighted by Gasteiger charge is -2.05. The average Bonchev–Trinajstić information content (AvgIpc) is 2.21. The fourth-order valence-electron chi connectivity index (χ4n) is 1.03. The summed E-state index contributed by atoms with van der Waals surface area (Å²) >= 11 is 0. The van der Waals surface area contributed by atoms with E-state index in [1.54, 1.807) is 6.92 Å². The number of nitrogens with zero attached hydrogens (tertiary/aromatic N) is 2. The molecule has 1 aromatic heterocycles. The normalized spacial score (nSPS) is 9.73. The Morgan fingerprint density at radius 2 is 2.33 bits per heavy atom. The fraction of sp³-hybridized carbons (Fsp3) is 0.444. The Kier molecular flexibility index (Phi) is 3.84. The summed E-state index contributed by atoms with van der Waals surface area (Å²) in [6, 6.07) is 0. The molecular formula is C9H12N2O4. The molecule has 0 aliphatic rings. The molecule has 0 unspecified atom stereocenters. The van der Waals surface area contributed by atoms with Crippen molar-refractivity contribution < 1.29 is 14.3 Å². The quantitative estimate of drug-likeness (QED) is 0.647. The van der Waals surface area contributed by atoms with Crippen LogP contribution in [0.2, 0.25) is 0 Å². The van der Waals surface area contributed by atoms with Crippen molar-refractivity contribution in [1.82, 2.24) is 9.55 Å². The number of methoxy groups -OCH3 is 1. The van der Waals surface area contributed by atoms with Crippen molar-refractivity contribution in [3.63, 3.8) is 0 Å². The zero-order chi connectivity index (χ0) is 11.3. The van der Waals surface area contributed by atoms with Gasteiger partial charge in [0, 0.05) is 0 Å². The van der Waals surface area contributed by atoms with Gasteiger partial charge in [-0.25, -0.2) is 4.98 Å². The predicted molar refractivity (Wildman–Crippen MR) is 51.7 cm³/mol. The number of hydrogen-bond acceptors (Lipinski definition) is 5. The second-order valence-electron chi connectivity index (χ2n) is 2.70. The molecule has 1 heterocycles. The molecule has 1 aromatic rings. The molecule has 0 N–H and O–H groups in total. The molecule has 0 atom stereocenters. The zero-order valence-corrected chi connectivity index (χ0v) is 8.60. The molecule has 0 bridgehead atoms. The zero-order valence-electron chi connectivity index (χ0n) is 8.60. The largest absolute Gasteiger partial charge is 0.490 e. The van der Waals surface area contributed by atoms with E-state index >= 15 is 0 Å². The maximum absolute atomic E-state index is 11.5. The standard InChI is InChI=1S/C9H12N2O4/c1-3-15-8(12)5-11-6-10-4-7(14-2)9(11)13/h4,6H,3,5H2,1-2H3. The van der Waals surface area contributed by atoms with Crippen LogP contribution >= 0.6 is 0 Å². The van der Waals surface area contributed by atoms with Crippen molar-refractivity contribution in [3.05, 3.63) is 22.9 Å². The van der Waals surface area contributed by atoms with Gasteiger partial charge in [0.2, 0.25) is 5.75 Å². The highest BCUT2D eigenvalue weighted by Crippen LogP contribution is 1.97. The van der Waals surface area contributed by atoms with Gasteiger partial charge in [-0.1, -0.05) is 0 Å². The third kappa shape index (κ3) is 2.80. The van der Waals surface area contributed by atoms with Gasteiger partial charge in [-0.05, 0) is 6.92 Å². The molecular weight excluding hydrogens is 200 g/mol. The first-order valence-corrected chi connectivity index (χ1v) is 4.43. The Morgan fingerprint density at radius 3 is 2.93 bits per heavy atom. The summed E-state index contributed by atoms with van der Waals surface area (Å²) in [5.41, 5.74) is -0.402. The van der Waals surface area contributed by atoms with Crippen LogP contribution in [0.25, 0.3) is 0 Å². The van der Waals surface area contributed by atoms with Crippen LogP contribution in [0, 0.1) is 0 Å². The molecule has 0 fully saturated rings. The summed E-state index contributed by atoms with van der Waals surface area (Å²) in [5.74, 6) is -0.378. The highest BCUT2D eigenvalue weighted by molar-refractivity contribution is 5.69. The second kappa shape index (κ2) is 5.14. The molecule has 0 aliphatic carbocycles. The van der Waals surface area contributed by atoms with Gasteiger partial charge in [-0.15, -0.1) is 0 Å². The molecule has 0 aliphatic heterocycles. The van der Waals surface area contributed by atoms with Crippen LogP contribution in [0.4, 0.5) is 0 Å². The molecule has 0 saturated heterocycles. The molecule has 0 spiro atoms. The lowest BCUT2D eigenvalue weighted by atomic mass is 10.5. The van der Waals surface area contributed by atoms with Crippen LogP contribution in [0.3, 0.4) is 0 Å². The lowest BCUT2D eigenvalue weighted by molar-refractivity contribution is -0.143. The highest BCUT2D eigenvalue weighted by Gasteiger charge is 2.08. The maximum atomic E-state index is 11.5. The van der Waals surface area contributed by atoms with Gasteiger partial charge in [0.05, 0.1) is 26.2 Å². The fourth-order valence-corrected chi connectivity index (χ4v) is 1.03. The molecule has 6 heteroatoms. The lowest BCUT2D eigenvalue weighted by Crippen LogP contribution is -2.26. The van der Waals surface area contributed by atoms with Crippen LogP contribution in [0.1, 0.15) is 6.92 Å². The van der Waals surface area contributed by atoms with Crippen molar-refractivity contribution >= 4 is 5.97 Å². The SMILES string of the molecule is CCOC(=O)Cn1cncc(OC)c1=O. The van der Waals surface area contributed by atoms with Crippen LogP contribution in [0.5, 0.6) is 5.75 Å². The first-order chi connectivity index (χ1) is 7.19. The van der Waals surface area contributed by atoms with Crippen LogP contribution in [-0.4, -0.2) is 29.2 Å². The van der Waals surface area contributed by atoms with E-state index in [2.05, 4.69) is 4.98 Å². The minimum absolute atomic E-state index is 0.0989. The van der Waals surface area contributed by atoms with Gasteiger partial charge in [-0.3, -0.25) is 14.2 Å². The van der Waals surface area contributed by atoms with E-state index in [9.17, 15) is 9.59 Å². The van der Waals surface area contributed by atoms with E-state index in [1.807, 2.05) is 0 Å². The topological polar surface area (TPSA) is 70.4 Å². The monoisotopic (exact) mass is 212 g/mol. The summed E-state index contributed by atoms with van der Waals surface area (Å²) in [7, 11) is 1.37. The van der Waals surface area contributed by atoms with Crippen molar-refractivity contribution in [1.29, 1.82) is 0 Å². The van der Waals surface area contributed by atoms with Gasteiger partial charge in [0.15, 0.2) is 0 Å². The average molecular weight is 212 g/mol. The summed E-state index contributed by atoms with van der Waals surface area (Å²) in [6.45, 7) is 1.83. The Labute approximate surface area is 86.5 Å². The van der Waals surface area contributed by atoms with Gasteiger partial charge in [0.1, 0.15) is 6.54 Å². The number of esters is 1. The van der Waals surface area contributed by atoms with Crippen molar-refractivity contribution in [2.75, 3.05) is 13.7 Å². The van der Waals surface area contributed by atoms with E-state index in [0.717, 1.165) is 4.57 Å². The number of hydrogen-bond donors (Lipinski definition) is 0. The molecule has 0 saturated carbocycles. The van der Waals surface area contributed by atoms with Gasteiger partial charge in [0.25, 0.3) is 5.56 Å². The minimum atomic E-state index is -0.477. The van der Waals surface area contributed by atoms with E-state index in [1.165, 1.54) is 19.6 Å². The number of carbonyl (C=O) groups excluding carboxylic acids is 1. The van der Waals surface area contributed by atoms with Crippen molar-refractivity contribution in [2.24, 2.45) is 0 Å². The van der Waals surface area contributed by atoms with Gasteiger partial charge >= 0.3 is 5.97 Å². The molecule has 82 valence electrons. The molecule has 0 radical (unpaired) electrons. The predicted octanol–water partition coefficient (Wildman–Crippen LogP) is -0.185. The van der Waals surface area contributed by atoms with Crippen LogP contribution in [0.15, 0.2) is 17.3 Å². The maximum Gasteiger partial charge on any atom is 0.326 e. The Balaban J connectivity index is 2.86. The summed E-state index contributed by atoms with van der Waals surface area (Å²) in [6.07, 6.45) is 2.56. The minimum Gasteiger partial charge on any atom is -0.490 e. The smallest absolute Gasteiger partial charge is 0.326 e. The first kappa shape index (κ1) is 11.2. The highest BCUT2D eigenvalue weighted by atomic mass is 16.5. The second-order valence-corrected chi connectivity index (χ2v) is 2.70. The number of carbonyl (C=O) groups is 1.